The van der Waals surface area contributed by atoms with Crippen LogP contribution in [0.3, 0.4) is 0 Å². The zero-order valence-electron chi connectivity index (χ0n) is 10.1. The van der Waals surface area contributed by atoms with Gasteiger partial charge in [0.1, 0.15) is 0 Å². The second-order valence-electron chi connectivity index (χ2n) is 3.61. The van der Waals surface area contributed by atoms with Crippen molar-refractivity contribution >= 4 is 5.95 Å². The topological polar surface area (TPSA) is 64.9 Å². The molecular formula is C10H10F3N5O. The molecule has 0 unspecified atom stereocenters. The summed E-state index contributed by atoms with van der Waals surface area (Å²) in [5.74, 6) is -0.0928. The predicted octanol–water partition coefficient (Wildman–Crippen LogP) is 2.06. The summed E-state index contributed by atoms with van der Waals surface area (Å²) in [5.41, 5.74) is -1.08. The van der Waals surface area contributed by atoms with E-state index in [0.717, 1.165) is 6.07 Å². The van der Waals surface area contributed by atoms with E-state index in [1.807, 2.05) is 0 Å². The average Bonchev–Trinajstić information content (AvgIpc) is 2.73. The average molecular weight is 273 g/mol. The van der Waals surface area contributed by atoms with Crippen LogP contribution in [0.4, 0.5) is 19.1 Å². The van der Waals surface area contributed by atoms with Crippen LogP contribution in [-0.2, 0) is 13.2 Å². The van der Waals surface area contributed by atoms with E-state index in [1.165, 1.54) is 24.1 Å². The summed E-state index contributed by atoms with van der Waals surface area (Å²) in [4.78, 5) is 7.11. The van der Waals surface area contributed by atoms with E-state index in [9.17, 15) is 13.2 Å². The van der Waals surface area contributed by atoms with E-state index < -0.39 is 11.9 Å². The smallest absolute Gasteiger partial charge is 0.433 e. The van der Waals surface area contributed by atoms with Crippen molar-refractivity contribution in [3.63, 3.8) is 0 Å². The van der Waals surface area contributed by atoms with Crippen molar-refractivity contribution < 1.29 is 17.9 Å². The van der Waals surface area contributed by atoms with Crippen LogP contribution >= 0.6 is 0 Å². The Morgan fingerprint density at radius 3 is 2.58 bits per heavy atom. The zero-order valence-corrected chi connectivity index (χ0v) is 10.1. The SMILES string of the molecule is CNc1nc(Oc2cnn(C)c2)cc(C(F)(F)F)n1. The highest BCUT2D eigenvalue weighted by Gasteiger charge is 2.34. The lowest BCUT2D eigenvalue weighted by molar-refractivity contribution is -0.141. The lowest BCUT2D eigenvalue weighted by Gasteiger charge is -2.09. The van der Waals surface area contributed by atoms with Gasteiger partial charge in [-0.1, -0.05) is 0 Å². The summed E-state index contributed by atoms with van der Waals surface area (Å²) < 4.78 is 44.6. The molecule has 0 saturated carbocycles. The molecule has 2 heterocycles. The van der Waals surface area contributed by atoms with E-state index in [0.29, 0.717) is 0 Å². The van der Waals surface area contributed by atoms with Gasteiger partial charge >= 0.3 is 6.18 Å². The third-order valence-corrected chi connectivity index (χ3v) is 2.12. The van der Waals surface area contributed by atoms with Crippen LogP contribution < -0.4 is 10.1 Å². The Kier molecular flexibility index (Phi) is 3.28. The Morgan fingerprint density at radius 1 is 1.32 bits per heavy atom. The summed E-state index contributed by atoms with van der Waals surface area (Å²) in [6.45, 7) is 0. The number of anilines is 1. The number of alkyl halides is 3. The number of halogens is 3. The van der Waals surface area contributed by atoms with E-state index in [4.69, 9.17) is 4.74 Å². The molecule has 1 N–H and O–H groups in total. The highest BCUT2D eigenvalue weighted by Crippen LogP contribution is 2.31. The van der Waals surface area contributed by atoms with Gasteiger partial charge in [-0.15, -0.1) is 0 Å². The molecule has 2 rings (SSSR count). The normalized spacial score (nSPS) is 11.4. The van der Waals surface area contributed by atoms with Crippen molar-refractivity contribution in [1.82, 2.24) is 19.7 Å². The van der Waals surface area contributed by atoms with Crippen LogP contribution in [0.5, 0.6) is 11.6 Å². The Hall–Kier alpha value is -2.32. The summed E-state index contributed by atoms with van der Waals surface area (Å²) in [6.07, 6.45) is -1.69. The van der Waals surface area contributed by atoms with E-state index in [2.05, 4.69) is 20.4 Å². The molecule has 2 aromatic rings. The number of nitrogens with zero attached hydrogens (tertiary/aromatic N) is 4. The molecule has 0 fully saturated rings. The number of rotatable bonds is 3. The fourth-order valence-electron chi connectivity index (χ4n) is 1.31. The van der Waals surface area contributed by atoms with E-state index in [1.54, 1.807) is 7.05 Å². The molecule has 0 bridgehead atoms. The van der Waals surface area contributed by atoms with Crippen molar-refractivity contribution in [2.75, 3.05) is 12.4 Å². The van der Waals surface area contributed by atoms with Crippen molar-refractivity contribution in [2.45, 2.75) is 6.18 Å². The lowest BCUT2D eigenvalue weighted by atomic mass is 10.4. The van der Waals surface area contributed by atoms with Crippen LogP contribution in [0.25, 0.3) is 0 Å². The monoisotopic (exact) mass is 273 g/mol. The van der Waals surface area contributed by atoms with Crippen molar-refractivity contribution in [3.8, 4) is 11.6 Å². The van der Waals surface area contributed by atoms with Gasteiger partial charge in [-0.25, -0.2) is 4.98 Å². The molecule has 0 aromatic carbocycles. The van der Waals surface area contributed by atoms with Gasteiger partial charge in [-0.05, 0) is 0 Å². The van der Waals surface area contributed by atoms with Crippen molar-refractivity contribution in [3.05, 3.63) is 24.2 Å². The first-order valence-corrected chi connectivity index (χ1v) is 5.19. The molecule has 0 amide bonds. The molecule has 6 nitrogen and oxygen atoms in total. The number of aromatic nitrogens is 4. The largest absolute Gasteiger partial charge is 0.436 e. The van der Waals surface area contributed by atoms with Crippen LogP contribution in [0.2, 0.25) is 0 Å². The molecule has 9 heteroatoms. The fraction of sp³-hybridized carbons (Fsp3) is 0.300. The Bertz CT molecular complexity index is 581. The molecule has 2 aromatic heterocycles. The molecule has 0 saturated heterocycles. The van der Waals surface area contributed by atoms with Gasteiger partial charge in [-0.3, -0.25) is 4.68 Å². The predicted molar refractivity (Wildman–Crippen MR) is 59.9 cm³/mol. The molecule has 102 valence electrons. The Balaban J connectivity index is 2.34. The Morgan fingerprint density at radius 2 is 2.05 bits per heavy atom. The Labute approximate surface area is 106 Å². The van der Waals surface area contributed by atoms with Gasteiger partial charge < -0.3 is 10.1 Å². The van der Waals surface area contributed by atoms with Gasteiger partial charge in [0.05, 0.1) is 12.4 Å². The number of hydrogen-bond donors (Lipinski definition) is 1. The highest BCUT2D eigenvalue weighted by molar-refractivity contribution is 5.33. The lowest BCUT2D eigenvalue weighted by Crippen LogP contribution is -2.11. The molecule has 0 aliphatic rings. The minimum absolute atomic E-state index is 0.172. The van der Waals surface area contributed by atoms with Crippen LogP contribution in [0.1, 0.15) is 5.69 Å². The summed E-state index contributed by atoms with van der Waals surface area (Å²) in [5, 5.41) is 6.28. The summed E-state index contributed by atoms with van der Waals surface area (Å²) >= 11 is 0. The minimum Gasteiger partial charge on any atom is -0.436 e. The van der Waals surface area contributed by atoms with Gasteiger partial charge in [0.25, 0.3) is 0 Å². The number of aryl methyl sites for hydroxylation is 1. The van der Waals surface area contributed by atoms with Gasteiger partial charge in [-0.2, -0.15) is 23.3 Å². The van der Waals surface area contributed by atoms with Crippen molar-refractivity contribution in [1.29, 1.82) is 0 Å². The van der Waals surface area contributed by atoms with Gasteiger partial charge in [0, 0.05) is 20.2 Å². The molecular weight excluding hydrogens is 263 g/mol. The molecule has 0 aliphatic heterocycles. The van der Waals surface area contributed by atoms with Crippen LogP contribution in [0, 0.1) is 0 Å². The molecule has 0 spiro atoms. The van der Waals surface area contributed by atoms with Crippen LogP contribution in [0.15, 0.2) is 18.5 Å². The first-order valence-electron chi connectivity index (χ1n) is 5.19. The maximum Gasteiger partial charge on any atom is 0.433 e. The zero-order chi connectivity index (χ0) is 14.0. The standard InChI is InChI=1S/C10H10F3N5O/c1-14-9-16-7(10(11,12)13)3-8(17-9)19-6-4-15-18(2)5-6/h3-5H,1-2H3,(H,14,16,17). The van der Waals surface area contributed by atoms with Gasteiger partial charge in [0.15, 0.2) is 11.4 Å². The molecule has 0 radical (unpaired) electrons. The number of hydrogen-bond acceptors (Lipinski definition) is 5. The van der Waals surface area contributed by atoms with Crippen LogP contribution in [-0.4, -0.2) is 26.8 Å². The molecule has 0 atom stereocenters. The van der Waals surface area contributed by atoms with Gasteiger partial charge in [0.2, 0.25) is 11.8 Å². The quantitative estimate of drug-likeness (QED) is 0.927. The highest BCUT2D eigenvalue weighted by atomic mass is 19.4. The third-order valence-electron chi connectivity index (χ3n) is 2.12. The molecule has 19 heavy (non-hydrogen) atoms. The molecule has 0 aliphatic carbocycles. The second kappa shape index (κ2) is 4.75. The van der Waals surface area contributed by atoms with E-state index >= 15 is 0 Å². The minimum atomic E-state index is -4.57. The first-order chi connectivity index (χ1) is 8.88. The first kappa shape index (κ1) is 13.1. The number of nitrogens with one attached hydrogen (secondary N) is 1. The summed E-state index contributed by atoms with van der Waals surface area (Å²) in [6, 6.07) is 0.730. The second-order valence-corrected chi connectivity index (χ2v) is 3.61. The van der Waals surface area contributed by atoms with E-state index in [-0.39, 0.29) is 17.6 Å². The maximum atomic E-state index is 12.6. The van der Waals surface area contributed by atoms with Crippen molar-refractivity contribution in [2.24, 2.45) is 7.05 Å². The summed E-state index contributed by atoms with van der Waals surface area (Å²) in [7, 11) is 3.08. The fourth-order valence-corrected chi connectivity index (χ4v) is 1.31. The third kappa shape index (κ3) is 3.12. The number of ether oxygens (including phenoxy) is 1. The maximum absolute atomic E-state index is 12.6.